The second kappa shape index (κ2) is 10.8. The van der Waals surface area contributed by atoms with Crippen LogP contribution in [0.25, 0.3) is 0 Å². The molecule has 2 heterocycles. The van der Waals surface area contributed by atoms with Gasteiger partial charge >= 0.3 is 0 Å². The molecule has 4 fully saturated rings. The lowest BCUT2D eigenvalue weighted by Crippen LogP contribution is -2.55. The third kappa shape index (κ3) is 4.96. The zero-order valence-electron chi connectivity index (χ0n) is 25.9. The smallest absolute Gasteiger partial charge is 0.276 e. The first-order chi connectivity index (χ1) is 19.5. The lowest BCUT2D eigenvalue weighted by atomic mass is 9.47. The predicted molar refractivity (Wildman–Crippen MR) is 158 cm³/mol. The minimum atomic E-state index is -0.141. The lowest BCUT2D eigenvalue weighted by molar-refractivity contribution is -0.135. The van der Waals surface area contributed by atoms with E-state index in [0.29, 0.717) is 54.4 Å². The Morgan fingerprint density at radius 3 is 2.66 bits per heavy atom. The van der Waals surface area contributed by atoms with E-state index in [1.54, 1.807) is 28.4 Å². The summed E-state index contributed by atoms with van der Waals surface area (Å²) in [4.78, 5) is 30.0. The molecule has 5 aliphatic rings. The van der Waals surface area contributed by atoms with E-state index in [-0.39, 0.29) is 24.0 Å². The fourth-order valence-electron chi connectivity index (χ4n) is 10.4. The Balaban J connectivity index is 1.04. The van der Waals surface area contributed by atoms with Crippen LogP contribution in [-0.4, -0.2) is 73.5 Å². The number of aliphatic hydroxyl groups is 1. The fourth-order valence-corrected chi connectivity index (χ4v) is 10.4. The second-order valence-electron chi connectivity index (χ2n) is 14.9. The Kier molecular flexibility index (Phi) is 7.61. The zero-order valence-corrected chi connectivity index (χ0v) is 25.9. The van der Waals surface area contributed by atoms with Crippen LogP contribution in [0, 0.1) is 40.4 Å². The standard InChI is InChI=1S/C33H51N5O3/c1-21(6-11-30(40)38-17-16-37(19-22(38)2)31(41)29-20-36(5)35-34-29)26-9-10-27-25-8-7-23-18-24(39)12-14-32(23,3)28(25)13-15-33(26,27)4/h7,20-22,24-28,39H,6,8-19H2,1-5H3/t21-,22+,24+,25+,26-,27+,28+,32+,33-/m1/s1. The largest absolute Gasteiger partial charge is 0.393 e. The molecule has 1 N–H and O–H groups in total. The number of hydrogen-bond acceptors (Lipinski definition) is 5. The maximum Gasteiger partial charge on any atom is 0.276 e. The number of nitrogens with zero attached hydrogens (tertiary/aromatic N) is 5. The van der Waals surface area contributed by atoms with Crippen molar-refractivity contribution in [3.63, 3.8) is 0 Å². The van der Waals surface area contributed by atoms with Gasteiger partial charge in [0.15, 0.2) is 5.69 Å². The summed E-state index contributed by atoms with van der Waals surface area (Å²) >= 11 is 0. The number of carbonyl (C=O) groups excluding carboxylic acids is 2. The van der Waals surface area contributed by atoms with Crippen molar-refractivity contribution in [2.45, 2.75) is 104 Å². The average molecular weight is 566 g/mol. The molecule has 0 aromatic carbocycles. The summed E-state index contributed by atoms with van der Waals surface area (Å²) in [5, 5.41) is 18.2. The number of carbonyl (C=O) groups is 2. The molecule has 0 radical (unpaired) electrons. The average Bonchev–Trinajstić information content (AvgIpc) is 3.54. The van der Waals surface area contributed by atoms with Crippen molar-refractivity contribution in [1.29, 1.82) is 0 Å². The molecule has 2 amide bonds. The van der Waals surface area contributed by atoms with E-state index < -0.39 is 0 Å². The monoisotopic (exact) mass is 565 g/mol. The van der Waals surface area contributed by atoms with Crippen LogP contribution in [0.4, 0.5) is 0 Å². The van der Waals surface area contributed by atoms with Crippen LogP contribution < -0.4 is 0 Å². The van der Waals surface area contributed by atoms with Crippen LogP contribution in [-0.2, 0) is 11.8 Å². The molecule has 0 bridgehead atoms. The summed E-state index contributed by atoms with van der Waals surface area (Å²) in [5.41, 5.74) is 2.58. The predicted octanol–water partition coefficient (Wildman–Crippen LogP) is 4.84. The summed E-state index contributed by atoms with van der Waals surface area (Å²) in [6, 6.07) is 0.00217. The van der Waals surface area contributed by atoms with Gasteiger partial charge in [0.05, 0.1) is 12.3 Å². The van der Waals surface area contributed by atoms with Crippen LogP contribution in [0.5, 0.6) is 0 Å². The third-order valence-electron chi connectivity index (χ3n) is 12.7. The second-order valence-corrected chi connectivity index (χ2v) is 14.9. The van der Waals surface area contributed by atoms with Crippen molar-refractivity contribution in [1.82, 2.24) is 24.8 Å². The normalized spacial score (nSPS) is 39.4. The van der Waals surface area contributed by atoms with Gasteiger partial charge in [-0.2, -0.15) is 0 Å². The van der Waals surface area contributed by atoms with Gasteiger partial charge < -0.3 is 14.9 Å². The highest BCUT2D eigenvalue weighted by Crippen LogP contribution is 2.67. The van der Waals surface area contributed by atoms with E-state index in [9.17, 15) is 14.7 Å². The van der Waals surface area contributed by atoms with Gasteiger partial charge in [-0.25, -0.2) is 0 Å². The maximum atomic E-state index is 13.4. The highest BCUT2D eigenvalue weighted by molar-refractivity contribution is 5.92. The van der Waals surface area contributed by atoms with Crippen LogP contribution in [0.15, 0.2) is 17.8 Å². The number of amides is 2. The molecule has 6 rings (SSSR count). The molecule has 1 aliphatic heterocycles. The first-order valence-electron chi connectivity index (χ1n) is 16.3. The first-order valence-corrected chi connectivity index (χ1v) is 16.3. The fraction of sp³-hybridized carbons (Fsp3) is 0.818. The van der Waals surface area contributed by atoms with Crippen molar-refractivity contribution < 1.29 is 14.7 Å². The number of fused-ring (bicyclic) bond motifs is 5. The summed E-state index contributed by atoms with van der Waals surface area (Å²) in [6.45, 7) is 11.2. The number of aliphatic hydroxyl groups excluding tert-OH is 1. The minimum Gasteiger partial charge on any atom is -0.393 e. The van der Waals surface area contributed by atoms with E-state index in [2.05, 4.69) is 44.1 Å². The van der Waals surface area contributed by atoms with Gasteiger partial charge in [0.1, 0.15) is 0 Å². The van der Waals surface area contributed by atoms with Crippen molar-refractivity contribution >= 4 is 11.8 Å². The Morgan fingerprint density at radius 1 is 1.12 bits per heavy atom. The molecule has 226 valence electrons. The van der Waals surface area contributed by atoms with Gasteiger partial charge in [-0.3, -0.25) is 14.3 Å². The molecule has 0 unspecified atom stereocenters. The summed E-state index contributed by atoms with van der Waals surface area (Å²) in [7, 11) is 1.76. The Bertz CT molecular complexity index is 1200. The van der Waals surface area contributed by atoms with E-state index >= 15 is 0 Å². The van der Waals surface area contributed by atoms with Crippen LogP contribution in [0.1, 0.15) is 102 Å². The number of allylic oxidation sites excluding steroid dienone is 1. The molecule has 9 atom stereocenters. The summed E-state index contributed by atoms with van der Waals surface area (Å²) in [5.74, 6) is 3.68. The molecule has 4 aliphatic carbocycles. The molecule has 1 aromatic heterocycles. The van der Waals surface area contributed by atoms with E-state index in [1.165, 1.54) is 32.1 Å². The zero-order chi connectivity index (χ0) is 29.1. The number of aromatic nitrogens is 3. The first kappa shape index (κ1) is 28.9. The molecule has 0 spiro atoms. The number of aryl methyl sites for hydroxylation is 1. The van der Waals surface area contributed by atoms with Crippen molar-refractivity contribution in [3.05, 3.63) is 23.5 Å². The van der Waals surface area contributed by atoms with Crippen molar-refractivity contribution in [2.24, 2.45) is 47.5 Å². The van der Waals surface area contributed by atoms with Crippen molar-refractivity contribution in [2.75, 3.05) is 19.6 Å². The Labute approximate surface area is 245 Å². The molecule has 8 nitrogen and oxygen atoms in total. The van der Waals surface area contributed by atoms with E-state index in [1.807, 2.05) is 4.90 Å². The SMILES string of the molecule is C[C@H](CCC(=O)N1CCN(C(=O)c2cn(C)nn2)C[C@@H]1C)[C@H]1CC[C@H]2[C@@H]3CC=C4C[C@@H](O)CC[C@]4(C)[C@H]3CC[C@]12C. The van der Waals surface area contributed by atoms with E-state index in [0.717, 1.165) is 43.4 Å². The molecule has 1 aromatic rings. The quantitative estimate of drug-likeness (QED) is 0.516. The molecule has 3 saturated carbocycles. The van der Waals surface area contributed by atoms with Gasteiger partial charge in [-0.05, 0) is 105 Å². The summed E-state index contributed by atoms with van der Waals surface area (Å²) < 4.78 is 1.54. The minimum absolute atomic E-state index is 0.00217. The van der Waals surface area contributed by atoms with Gasteiger partial charge in [0.25, 0.3) is 5.91 Å². The number of piperazine rings is 1. The number of rotatable bonds is 5. The molecule has 8 heteroatoms. The highest BCUT2D eigenvalue weighted by Gasteiger charge is 2.59. The molecule has 1 saturated heterocycles. The summed E-state index contributed by atoms with van der Waals surface area (Å²) in [6.07, 6.45) is 15.0. The Hall–Kier alpha value is -2.22. The maximum absolute atomic E-state index is 13.4. The van der Waals surface area contributed by atoms with Gasteiger partial charge in [0, 0.05) is 39.1 Å². The van der Waals surface area contributed by atoms with Gasteiger partial charge in [-0.15, -0.1) is 5.10 Å². The van der Waals surface area contributed by atoms with Gasteiger partial charge in [0.2, 0.25) is 5.91 Å². The van der Waals surface area contributed by atoms with Gasteiger partial charge in [-0.1, -0.05) is 37.6 Å². The Morgan fingerprint density at radius 2 is 1.93 bits per heavy atom. The lowest BCUT2D eigenvalue weighted by Gasteiger charge is -2.58. The number of hydrogen-bond donors (Lipinski definition) is 1. The third-order valence-corrected chi connectivity index (χ3v) is 12.7. The topological polar surface area (TPSA) is 91.6 Å². The van der Waals surface area contributed by atoms with Crippen LogP contribution in [0.2, 0.25) is 0 Å². The highest BCUT2D eigenvalue weighted by atomic mass is 16.3. The van der Waals surface area contributed by atoms with Crippen LogP contribution >= 0.6 is 0 Å². The van der Waals surface area contributed by atoms with Crippen LogP contribution in [0.3, 0.4) is 0 Å². The molecule has 41 heavy (non-hydrogen) atoms. The molecular formula is C33H51N5O3. The van der Waals surface area contributed by atoms with E-state index in [4.69, 9.17) is 0 Å². The molecular weight excluding hydrogens is 514 g/mol. The van der Waals surface area contributed by atoms with Crippen molar-refractivity contribution in [3.8, 4) is 0 Å².